The van der Waals surface area contributed by atoms with E-state index in [2.05, 4.69) is 18.7 Å². The zero-order valence-electron chi connectivity index (χ0n) is 9.16. The van der Waals surface area contributed by atoms with Gasteiger partial charge in [0, 0.05) is 12.6 Å². The van der Waals surface area contributed by atoms with Gasteiger partial charge in [0.05, 0.1) is 0 Å². The van der Waals surface area contributed by atoms with Gasteiger partial charge in [-0.15, -0.1) is 0 Å². The topological polar surface area (TPSA) is 23.5 Å². The molecule has 13 heavy (non-hydrogen) atoms. The fraction of sp³-hybridized carbons (Fsp3) is 1.00. The van der Waals surface area contributed by atoms with Gasteiger partial charge in [-0.1, -0.05) is 20.3 Å². The lowest BCUT2D eigenvalue weighted by atomic mass is 10.0. The van der Waals surface area contributed by atoms with Crippen molar-refractivity contribution in [1.82, 2.24) is 4.90 Å². The Hall–Kier alpha value is -0.0800. The molecule has 78 valence electrons. The maximum atomic E-state index is 9.65. The van der Waals surface area contributed by atoms with Crippen molar-refractivity contribution in [3.63, 3.8) is 0 Å². The molecule has 1 aliphatic rings. The highest BCUT2D eigenvalue weighted by Crippen LogP contribution is 2.30. The van der Waals surface area contributed by atoms with Gasteiger partial charge < -0.3 is 5.11 Å². The predicted molar refractivity (Wildman–Crippen MR) is 55.5 cm³/mol. The van der Waals surface area contributed by atoms with Crippen LogP contribution in [0.25, 0.3) is 0 Å². The van der Waals surface area contributed by atoms with Gasteiger partial charge in [-0.3, -0.25) is 4.90 Å². The van der Waals surface area contributed by atoms with Crippen LogP contribution >= 0.6 is 0 Å². The Morgan fingerprint density at radius 1 is 1.46 bits per heavy atom. The second-order valence-corrected chi connectivity index (χ2v) is 4.35. The minimum atomic E-state index is -0.273. The van der Waals surface area contributed by atoms with E-state index in [9.17, 15) is 5.11 Å². The van der Waals surface area contributed by atoms with Crippen molar-refractivity contribution in [3.8, 4) is 0 Å². The average molecular weight is 185 g/mol. The minimum Gasteiger partial charge on any atom is -0.379 e. The van der Waals surface area contributed by atoms with E-state index in [1.165, 1.54) is 19.3 Å². The van der Waals surface area contributed by atoms with Crippen molar-refractivity contribution >= 4 is 0 Å². The first-order chi connectivity index (χ1) is 6.16. The number of hydrogen-bond acceptors (Lipinski definition) is 2. The number of rotatable bonds is 4. The molecule has 1 rings (SSSR count). The highest BCUT2D eigenvalue weighted by Gasteiger charge is 2.30. The summed E-state index contributed by atoms with van der Waals surface area (Å²) in [6.45, 7) is 7.41. The van der Waals surface area contributed by atoms with E-state index in [1.807, 2.05) is 6.92 Å². The smallest absolute Gasteiger partial charge is 0.104 e. The van der Waals surface area contributed by atoms with Crippen molar-refractivity contribution < 1.29 is 5.11 Å². The van der Waals surface area contributed by atoms with Gasteiger partial charge in [0.1, 0.15) is 6.23 Å². The van der Waals surface area contributed by atoms with Crippen LogP contribution in [-0.4, -0.2) is 28.8 Å². The Labute approximate surface area is 81.9 Å². The van der Waals surface area contributed by atoms with Crippen LogP contribution in [0.3, 0.4) is 0 Å². The van der Waals surface area contributed by atoms with E-state index in [1.54, 1.807) is 0 Å². The lowest BCUT2D eigenvalue weighted by Gasteiger charge is -2.33. The molecule has 0 aliphatic heterocycles. The molecule has 3 atom stereocenters. The zero-order valence-corrected chi connectivity index (χ0v) is 9.16. The van der Waals surface area contributed by atoms with Gasteiger partial charge in [-0.25, -0.2) is 0 Å². The normalized spacial score (nSPS) is 31.2. The van der Waals surface area contributed by atoms with Gasteiger partial charge in [0.15, 0.2) is 0 Å². The third-order valence-corrected chi connectivity index (χ3v) is 3.20. The number of aliphatic hydroxyl groups excluding tert-OH is 1. The first-order valence-corrected chi connectivity index (χ1v) is 5.60. The van der Waals surface area contributed by atoms with Gasteiger partial charge in [-0.2, -0.15) is 0 Å². The summed E-state index contributed by atoms with van der Waals surface area (Å²) in [4.78, 5) is 2.26. The molecule has 0 aromatic heterocycles. The number of nitrogens with zero attached hydrogens (tertiary/aromatic N) is 1. The van der Waals surface area contributed by atoms with Crippen molar-refractivity contribution in [2.75, 3.05) is 6.54 Å². The molecule has 1 fully saturated rings. The Morgan fingerprint density at radius 3 is 2.54 bits per heavy atom. The van der Waals surface area contributed by atoms with E-state index in [-0.39, 0.29) is 6.23 Å². The van der Waals surface area contributed by atoms with Gasteiger partial charge in [-0.05, 0) is 32.1 Å². The van der Waals surface area contributed by atoms with E-state index in [0.717, 1.165) is 18.9 Å². The number of hydrogen-bond donors (Lipinski definition) is 1. The van der Waals surface area contributed by atoms with E-state index in [4.69, 9.17) is 0 Å². The summed E-state index contributed by atoms with van der Waals surface area (Å²) in [5.41, 5.74) is 0. The first kappa shape index (κ1) is 11.0. The molecule has 1 aliphatic carbocycles. The second-order valence-electron chi connectivity index (χ2n) is 4.35. The Morgan fingerprint density at radius 2 is 2.15 bits per heavy atom. The summed E-state index contributed by atoms with van der Waals surface area (Å²) in [7, 11) is 0. The fourth-order valence-electron chi connectivity index (χ4n) is 2.51. The monoisotopic (exact) mass is 185 g/mol. The van der Waals surface area contributed by atoms with Crippen LogP contribution < -0.4 is 0 Å². The van der Waals surface area contributed by atoms with Crippen LogP contribution in [-0.2, 0) is 0 Å². The third-order valence-electron chi connectivity index (χ3n) is 3.20. The Bertz CT molecular complexity index is 147. The molecule has 0 amide bonds. The quantitative estimate of drug-likeness (QED) is 0.679. The Kier molecular flexibility index (Phi) is 4.20. The molecule has 1 N–H and O–H groups in total. The van der Waals surface area contributed by atoms with Crippen molar-refractivity contribution in [2.24, 2.45) is 5.92 Å². The predicted octanol–water partition coefficient (Wildman–Crippen LogP) is 2.23. The maximum Gasteiger partial charge on any atom is 0.104 e. The van der Waals surface area contributed by atoms with Crippen LogP contribution in [0.1, 0.15) is 46.5 Å². The minimum absolute atomic E-state index is 0.273. The molecule has 0 bridgehead atoms. The molecule has 0 spiro atoms. The molecule has 0 radical (unpaired) electrons. The average Bonchev–Trinajstić information content (AvgIpc) is 2.47. The summed E-state index contributed by atoms with van der Waals surface area (Å²) in [5.74, 6) is 0.765. The van der Waals surface area contributed by atoms with E-state index in [0.29, 0.717) is 6.04 Å². The zero-order chi connectivity index (χ0) is 9.84. The first-order valence-electron chi connectivity index (χ1n) is 5.60. The molecule has 0 aromatic rings. The lowest BCUT2D eigenvalue weighted by molar-refractivity contribution is -0.0205. The van der Waals surface area contributed by atoms with Crippen LogP contribution in [0.2, 0.25) is 0 Å². The van der Waals surface area contributed by atoms with Gasteiger partial charge in [0.25, 0.3) is 0 Å². The summed E-state index contributed by atoms with van der Waals surface area (Å²) in [6, 6.07) is 0.625. The second kappa shape index (κ2) is 4.97. The summed E-state index contributed by atoms with van der Waals surface area (Å²) in [5, 5.41) is 9.65. The highest BCUT2D eigenvalue weighted by molar-refractivity contribution is 4.83. The molecule has 0 heterocycles. The fourth-order valence-corrected chi connectivity index (χ4v) is 2.51. The summed E-state index contributed by atoms with van der Waals surface area (Å²) in [6.07, 6.45) is 4.79. The molecule has 0 saturated heterocycles. The molecule has 2 heteroatoms. The van der Waals surface area contributed by atoms with Crippen LogP contribution in [0.4, 0.5) is 0 Å². The molecule has 3 unspecified atom stereocenters. The highest BCUT2D eigenvalue weighted by atomic mass is 16.3. The maximum absolute atomic E-state index is 9.65. The molecule has 1 saturated carbocycles. The molecular weight excluding hydrogens is 162 g/mol. The standard InChI is InChI=1S/C11H23NO/c1-4-8-12(10(3)13)11-7-5-6-9(11)2/h9-11,13H,4-8H2,1-3H3. The molecule has 0 aromatic carbocycles. The SMILES string of the molecule is CCCN(C(C)O)C1CCCC1C. The Balaban J connectivity index is 2.52. The molecular formula is C11H23NO. The van der Waals surface area contributed by atoms with Crippen LogP contribution in [0.15, 0.2) is 0 Å². The largest absolute Gasteiger partial charge is 0.379 e. The lowest BCUT2D eigenvalue weighted by Crippen LogP contribution is -2.43. The van der Waals surface area contributed by atoms with Gasteiger partial charge >= 0.3 is 0 Å². The van der Waals surface area contributed by atoms with Crippen LogP contribution in [0, 0.1) is 5.92 Å². The summed E-state index contributed by atoms with van der Waals surface area (Å²) >= 11 is 0. The third kappa shape index (κ3) is 2.68. The van der Waals surface area contributed by atoms with Crippen molar-refractivity contribution in [2.45, 2.75) is 58.7 Å². The van der Waals surface area contributed by atoms with Crippen molar-refractivity contribution in [1.29, 1.82) is 0 Å². The summed E-state index contributed by atoms with van der Waals surface area (Å²) < 4.78 is 0. The van der Waals surface area contributed by atoms with Crippen LogP contribution in [0.5, 0.6) is 0 Å². The molecule has 2 nitrogen and oxygen atoms in total. The van der Waals surface area contributed by atoms with Gasteiger partial charge in [0.2, 0.25) is 0 Å². The van der Waals surface area contributed by atoms with Crippen molar-refractivity contribution in [3.05, 3.63) is 0 Å². The van der Waals surface area contributed by atoms with E-state index < -0.39 is 0 Å². The van der Waals surface area contributed by atoms with E-state index >= 15 is 0 Å². The number of aliphatic hydroxyl groups is 1.